The first-order valence-corrected chi connectivity index (χ1v) is 10.8. The first-order chi connectivity index (χ1) is 14.6. The summed E-state index contributed by atoms with van der Waals surface area (Å²) in [4.78, 5) is 21.7. The van der Waals surface area contributed by atoms with Crippen LogP contribution >= 0.6 is 0 Å². The molecular formula is C23H29F3N4O. The van der Waals surface area contributed by atoms with Crippen molar-refractivity contribution < 1.29 is 13.2 Å². The van der Waals surface area contributed by atoms with Gasteiger partial charge in [0.15, 0.2) is 0 Å². The molecule has 2 aromatic rings. The lowest BCUT2D eigenvalue weighted by Crippen LogP contribution is -2.54. The molecule has 168 valence electrons. The Balaban J connectivity index is 1.82. The molecule has 0 amide bonds. The van der Waals surface area contributed by atoms with Crippen LogP contribution < -0.4 is 10.5 Å². The van der Waals surface area contributed by atoms with Gasteiger partial charge in [-0.05, 0) is 50.3 Å². The zero-order valence-corrected chi connectivity index (χ0v) is 18.4. The molecule has 1 aromatic heterocycles. The summed E-state index contributed by atoms with van der Waals surface area (Å²) in [6, 6.07) is 5.53. The molecule has 31 heavy (non-hydrogen) atoms. The Morgan fingerprint density at radius 3 is 2.55 bits per heavy atom. The lowest BCUT2D eigenvalue weighted by Gasteiger charge is -2.46. The molecule has 3 atom stereocenters. The minimum Gasteiger partial charge on any atom is -0.298 e. The van der Waals surface area contributed by atoms with Crippen LogP contribution in [0.1, 0.15) is 49.9 Å². The van der Waals surface area contributed by atoms with Gasteiger partial charge in [-0.15, -0.1) is 0 Å². The maximum Gasteiger partial charge on any atom is 0.416 e. The van der Waals surface area contributed by atoms with Crippen molar-refractivity contribution in [2.75, 3.05) is 11.6 Å². The van der Waals surface area contributed by atoms with Gasteiger partial charge in [-0.2, -0.15) is 13.2 Å². The summed E-state index contributed by atoms with van der Waals surface area (Å²) in [5, 5.41) is 0. The summed E-state index contributed by atoms with van der Waals surface area (Å²) in [6.07, 6.45) is -1.12. The Kier molecular flexibility index (Phi) is 5.62. The molecule has 8 heteroatoms. The molecule has 5 nitrogen and oxygen atoms in total. The fourth-order valence-electron chi connectivity index (χ4n) is 4.87. The summed E-state index contributed by atoms with van der Waals surface area (Å²) in [7, 11) is 0. The van der Waals surface area contributed by atoms with Crippen LogP contribution in [0.3, 0.4) is 0 Å². The van der Waals surface area contributed by atoms with Crippen molar-refractivity contribution in [3.05, 3.63) is 51.4 Å². The lowest BCUT2D eigenvalue weighted by atomic mass is 9.77. The number of aromatic nitrogens is 2. The SMILES string of the molecule is Cc1nc2n(c(=O)c1C)CN(C1CCCC(C)C1C)CN2c1cccc(C(F)(F)F)c1. The molecular weight excluding hydrogens is 405 g/mol. The van der Waals surface area contributed by atoms with E-state index in [1.54, 1.807) is 29.4 Å². The van der Waals surface area contributed by atoms with Gasteiger partial charge >= 0.3 is 6.18 Å². The zero-order chi connectivity index (χ0) is 22.5. The van der Waals surface area contributed by atoms with Gasteiger partial charge in [-0.1, -0.05) is 32.8 Å². The van der Waals surface area contributed by atoms with E-state index in [0.717, 1.165) is 25.0 Å². The molecule has 1 aromatic carbocycles. The maximum absolute atomic E-state index is 13.4. The highest BCUT2D eigenvalue weighted by Crippen LogP contribution is 2.38. The van der Waals surface area contributed by atoms with Crippen molar-refractivity contribution >= 4 is 11.6 Å². The van der Waals surface area contributed by atoms with E-state index >= 15 is 0 Å². The van der Waals surface area contributed by atoms with E-state index in [1.807, 2.05) is 0 Å². The van der Waals surface area contributed by atoms with Gasteiger partial charge < -0.3 is 0 Å². The first kappa shape index (κ1) is 21.9. The van der Waals surface area contributed by atoms with Gasteiger partial charge in [-0.3, -0.25) is 19.2 Å². The number of hydrogen-bond donors (Lipinski definition) is 0. The molecule has 1 aliphatic heterocycles. The van der Waals surface area contributed by atoms with Crippen LogP contribution in [0.4, 0.5) is 24.8 Å². The molecule has 0 N–H and O–H groups in total. The normalized spacial score (nSPS) is 24.9. The fourth-order valence-corrected chi connectivity index (χ4v) is 4.87. The van der Waals surface area contributed by atoms with Crippen molar-refractivity contribution in [3.63, 3.8) is 0 Å². The van der Waals surface area contributed by atoms with Crippen molar-refractivity contribution in [2.45, 2.75) is 65.8 Å². The Bertz CT molecular complexity index is 1030. The highest BCUT2D eigenvalue weighted by Gasteiger charge is 2.37. The van der Waals surface area contributed by atoms with E-state index in [-0.39, 0.29) is 11.6 Å². The minimum absolute atomic E-state index is 0.138. The standard InChI is InChI=1S/C23H29F3N4O/c1-14-7-5-10-20(15(14)2)28-12-29(19-9-6-8-18(11-19)23(24,25)26)22-27-17(4)16(3)21(31)30(22)13-28/h6,8-9,11,14-15,20H,5,7,10,12-13H2,1-4H3. The third-order valence-electron chi connectivity index (χ3n) is 7.12. The minimum atomic E-state index is -4.44. The molecule has 2 heterocycles. The largest absolute Gasteiger partial charge is 0.416 e. The van der Waals surface area contributed by atoms with Crippen molar-refractivity contribution in [1.82, 2.24) is 14.5 Å². The van der Waals surface area contributed by atoms with Crippen LogP contribution in [0, 0.1) is 25.7 Å². The summed E-state index contributed by atoms with van der Waals surface area (Å²) >= 11 is 0. The van der Waals surface area contributed by atoms with E-state index in [2.05, 4.69) is 23.7 Å². The van der Waals surface area contributed by atoms with E-state index < -0.39 is 11.7 Å². The van der Waals surface area contributed by atoms with Crippen LogP contribution in [-0.2, 0) is 12.8 Å². The average molecular weight is 435 g/mol. The highest BCUT2D eigenvalue weighted by atomic mass is 19.4. The Morgan fingerprint density at radius 1 is 1.10 bits per heavy atom. The molecule has 1 aliphatic carbocycles. The summed E-state index contributed by atoms with van der Waals surface area (Å²) < 4.78 is 41.7. The van der Waals surface area contributed by atoms with E-state index in [1.165, 1.54) is 12.5 Å². The lowest BCUT2D eigenvalue weighted by molar-refractivity contribution is -0.137. The van der Waals surface area contributed by atoms with Gasteiger partial charge in [-0.25, -0.2) is 4.98 Å². The van der Waals surface area contributed by atoms with Crippen LogP contribution in [0.15, 0.2) is 29.1 Å². The number of hydrogen-bond acceptors (Lipinski definition) is 4. The van der Waals surface area contributed by atoms with E-state index in [9.17, 15) is 18.0 Å². The van der Waals surface area contributed by atoms with Gasteiger partial charge in [0.1, 0.15) is 0 Å². The average Bonchev–Trinajstić information content (AvgIpc) is 2.73. The number of benzene rings is 1. The van der Waals surface area contributed by atoms with Crippen LogP contribution in [0.5, 0.6) is 0 Å². The van der Waals surface area contributed by atoms with Gasteiger partial charge in [0.2, 0.25) is 5.95 Å². The monoisotopic (exact) mass is 434 g/mol. The van der Waals surface area contributed by atoms with Crippen LogP contribution in [0.2, 0.25) is 0 Å². The predicted molar refractivity (Wildman–Crippen MR) is 114 cm³/mol. The predicted octanol–water partition coefficient (Wildman–Crippen LogP) is 5.07. The van der Waals surface area contributed by atoms with Gasteiger partial charge in [0, 0.05) is 23.0 Å². The summed E-state index contributed by atoms with van der Waals surface area (Å²) in [5.74, 6) is 1.41. The quantitative estimate of drug-likeness (QED) is 0.662. The Labute approximate surface area is 180 Å². The molecule has 2 aliphatic rings. The van der Waals surface area contributed by atoms with Crippen LogP contribution in [-0.4, -0.2) is 27.2 Å². The molecule has 0 bridgehead atoms. The molecule has 1 saturated carbocycles. The number of alkyl halides is 3. The van der Waals surface area contributed by atoms with Crippen molar-refractivity contribution in [2.24, 2.45) is 11.8 Å². The van der Waals surface area contributed by atoms with Crippen molar-refractivity contribution in [3.8, 4) is 0 Å². The Morgan fingerprint density at radius 2 is 1.84 bits per heavy atom. The summed E-state index contributed by atoms with van der Waals surface area (Å²) in [6.45, 7) is 8.80. The smallest absolute Gasteiger partial charge is 0.298 e. The number of rotatable bonds is 2. The highest BCUT2D eigenvalue weighted by molar-refractivity contribution is 5.59. The Hall–Kier alpha value is -2.35. The second-order valence-corrected chi connectivity index (χ2v) is 9.04. The van der Waals surface area contributed by atoms with E-state index in [4.69, 9.17) is 0 Å². The fraction of sp³-hybridized carbons (Fsp3) is 0.565. The number of aryl methyl sites for hydroxylation is 1. The molecule has 0 spiro atoms. The molecule has 0 saturated heterocycles. The van der Waals surface area contributed by atoms with Gasteiger partial charge in [0.05, 0.1) is 18.9 Å². The molecule has 1 fully saturated rings. The third-order valence-corrected chi connectivity index (χ3v) is 7.12. The molecule has 0 radical (unpaired) electrons. The third kappa shape index (κ3) is 3.97. The number of halogens is 3. The molecule has 4 rings (SSSR count). The molecule has 3 unspecified atom stereocenters. The van der Waals surface area contributed by atoms with Crippen molar-refractivity contribution in [1.29, 1.82) is 0 Å². The zero-order valence-electron chi connectivity index (χ0n) is 18.4. The summed E-state index contributed by atoms with van der Waals surface area (Å²) in [5.41, 5.74) is 0.709. The topological polar surface area (TPSA) is 41.4 Å². The maximum atomic E-state index is 13.4. The second kappa shape index (κ2) is 7.97. The van der Waals surface area contributed by atoms with Crippen LogP contribution in [0.25, 0.3) is 0 Å². The van der Waals surface area contributed by atoms with E-state index in [0.29, 0.717) is 48.1 Å². The van der Waals surface area contributed by atoms with Gasteiger partial charge in [0.25, 0.3) is 5.56 Å². The first-order valence-electron chi connectivity index (χ1n) is 10.8. The number of fused-ring (bicyclic) bond motifs is 1. The number of anilines is 2. The number of nitrogens with zero attached hydrogens (tertiary/aromatic N) is 4. The second-order valence-electron chi connectivity index (χ2n) is 9.04.